The first-order valence-electron chi connectivity index (χ1n) is 15.4. The Bertz CT molecular complexity index is 1910. The lowest BCUT2D eigenvalue weighted by molar-refractivity contribution is -0.126. The molecule has 1 aliphatic carbocycles. The van der Waals surface area contributed by atoms with Gasteiger partial charge in [-0.25, -0.2) is 23.2 Å². The molecule has 46 heavy (non-hydrogen) atoms. The first-order chi connectivity index (χ1) is 21.8. The van der Waals surface area contributed by atoms with E-state index in [0.717, 1.165) is 60.6 Å². The molecule has 1 aromatic carbocycles. The first-order valence-corrected chi connectivity index (χ1v) is 18.1. The molecule has 1 N–H and O–H groups in total. The lowest BCUT2D eigenvalue weighted by Crippen LogP contribution is -2.50. The summed E-state index contributed by atoms with van der Waals surface area (Å²) in [6.07, 6.45) is 0.476. The Balaban J connectivity index is 0.936. The van der Waals surface area contributed by atoms with Crippen molar-refractivity contribution in [3.63, 3.8) is 0 Å². The molecular formula is C30H36F3N7O4S2. The molecule has 5 heterocycles. The second kappa shape index (κ2) is 11.9. The number of alkyl halides is 3. The number of benzene rings is 1. The van der Waals surface area contributed by atoms with Gasteiger partial charge in [0.15, 0.2) is 5.58 Å². The molecule has 0 amide bonds. The van der Waals surface area contributed by atoms with E-state index in [9.17, 15) is 26.4 Å². The van der Waals surface area contributed by atoms with Gasteiger partial charge in [0.05, 0.1) is 23.6 Å². The largest absolute Gasteiger partial charge is 0.419 e. The predicted molar refractivity (Wildman–Crippen MR) is 170 cm³/mol. The van der Waals surface area contributed by atoms with Crippen molar-refractivity contribution in [1.29, 1.82) is 0 Å². The van der Waals surface area contributed by atoms with Crippen LogP contribution in [-0.2, 0) is 29.5 Å². The van der Waals surface area contributed by atoms with Gasteiger partial charge >= 0.3 is 11.9 Å². The highest BCUT2D eigenvalue weighted by Crippen LogP contribution is 2.49. The summed E-state index contributed by atoms with van der Waals surface area (Å²) in [6.45, 7) is 5.49. The maximum absolute atomic E-state index is 13.0. The summed E-state index contributed by atoms with van der Waals surface area (Å²) >= 11 is 1.08. The average Bonchev–Trinajstić information content (AvgIpc) is 3.67. The van der Waals surface area contributed by atoms with E-state index in [1.807, 2.05) is 18.2 Å². The van der Waals surface area contributed by atoms with Crippen molar-refractivity contribution in [2.24, 2.45) is 5.41 Å². The van der Waals surface area contributed by atoms with Gasteiger partial charge in [0, 0.05) is 69.8 Å². The van der Waals surface area contributed by atoms with Crippen molar-refractivity contribution in [1.82, 2.24) is 29.1 Å². The average molecular weight is 680 g/mol. The van der Waals surface area contributed by atoms with Crippen LogP contribution in [0, 0.1) is 5.41 Å². The SMILES string of the molecule is CS(=O)(=O)N1CCN(CCn2c(=O)oc3ccc(CNC4CC5(CCN(c6ncnc7sc(CC(F)(F)F)cc67)C5)C4)cc32)CC1. The molecule has 3 aromatic heterocycles. The number of hydrogen-bond donors (Lipinski definition) is 1. The Morgan fingerprint density at radius 1 is 1.09 bits per heavy atom. The minimum atomic E-state index is -4.26. The Morgan fingerprint density at radius 2 is 1.87 bits per heavy atom. The summed E-state index contributed by atoms with van der Waals surface area (Å²) in [5.41, 5.74) is 2.49. The highest BCUT2D eigenvalue weighted by molar-refractivity contribution is 7.88. The predicted octanol–water partition coefficient (Wildman–Crippen LogP) is 3.43. The number of oxazole rings is 1. The third kappa shape index (κ3) is 6.54. The normalized spacial score (nSPS) is 23.2. The number of piperazine rings is 1. The third-order valence-electron chi connectivity index (χ3n) is 9.60. The summed E-state index contributed by atoms with van der Waals surface area (Å²) in [5.74, 6) is 0.320. The molecule has 248 valence electrons. The minimum Gasteiger partial charge on any atom is -0.408 e. The second-order valence-electron chi connectivity index (χ2n) is 12.9. The summed E-state index contributed by atoms with van der Waals surface area (Å²) < 4.78 is 71.1. The van der Waals surface area contributed by atoms with Gasteiger partial charge in [-0.05, 0) is 48.4 Å². The number of thiophene rings is 1. The van der Waals surface area contributed by atoms with Crippen LogP contribution in [0.4, 0.5) is 19.0 Å². The fraction of sp³-hybridized carbons (Fsp3) is 0.567. The molecule has 3 aliphatic rings. The van der Waals surface area contributed by atoms with E-state index in [1.54, 1.807) is 10.6 Å². The molecule has 0 atom stereocenters. The van der Waals surface area contributed by atoms with E-state index in [4.69, 9.17) is 4.42 Å². The van der Waals surface area contributed by atoms with E-state index in [0.29, 0.717) is 67.7 Å². The maximum atomic E-state index is 13.0. The smallest absolute Gasteiger partial charge is 0.408 e. The van der Waals surface area contributed by atoms with Crippen LogP contribution in [0.1, 0.15) is 29.7 Å². The van der Waals surface area contributed by atoms with E-state index < -0.39 is 28.4 Å². The Hall–Kier alpha value is -3.05. The zero-order valence-electron chi connectivity index (χ0n) is 25.4. The molecule has 0 bridgehead atoms. The van der Waals surface area contributed by atoms with Gasteiger partial charge in [0.25, 0.3) is 0 Å². The van der Waals surface area contributed by atoms with Crippen LogP contribution in [0.25, 0.3) is 21.3 Å². The van der Waals surface area contributed by atoms with Crippen LogP contribution < -0.4 is 16.0 Å². The Labute approximate surface area is 268 Å². The molecule has 2 aliphatic heterocycles. The fourth-order valence-corrected chi connectivity index (χ4v) is 9.07. The standard InChI is InChI=1S/C30H36F3N7O4S2/c1-46(42,43)39-9-6-37(7-10-39)8-11-40-24-12-20(2-3-25(24)44-28(40)41)17-34-21-14-29(15-21)4-5-38(18-29)26-23-13-22(16-30(31,32)33)45-27(23)36-19-35-26/h2-3,12-13,19,21,34H,4-11,14-18H2,1H3. The van der Waals surface area contributed by atoms with E-state index >= 15 is 0 Å². The number of nitrogens with zero attached hydrogens (tertiary/aromatic N) is 6. The number of rotatable bonds is 9. The molecule has 2 saturated heterocycles. The molecule has 0 radical (unpaired) electrons. The van der Waals surface area contributed by atoms with Crippen LogP contribution in [-0.4, -0.2) is 96.4 Å². The number of sulfonamides is 1. The van der Waals surface area contributed by atoms with Gasteiger partial charge in [-0.15, -0.1) is 11.3 Å². The molecule has 3 fully saturated rings. The number of aromatic nitrogens is 3. The summed E-state index contributed by atoms with van der Waals surface area (Å²) in [6, 6.07) is 7.73. The molecule has 7 rings (SSSR count). The lowest BCUT2D eigenvalue weighted by atomic mass is 9.65. The zero-order valence-corrected chi connectivity index (χ0v) is 27.1. The Kier molecular flexibility index (Phi) is 8.15. The van der Waals surface area contributed by atoms with Gasteiger partial charge in [-0.2, -0.15) is 17.5 Å². The van der Waals surface area contributed by atoms with Gasteiger partial charge in [0.2, 0.25) is 10.0 Å². The molecule has 11 nitrogen and oxygen atoms in total. The highest BCUT2D eigenvalue weighted by atomic mass is 32.2. The second-order valence-corrected chi connectivity index (χ2v) is 16.0. The van der Waals surface area contributed by atoms with E-state index in [1.165, 1.54) is 16.9 Å². The molecule has 16 heteroatoms. The lowest BCUT2D eigenvalue weighted by Gasteiger charge is -2.45. The minimum absolute atomic E-state index is 0.154. The zero-order chi connectivity index (χ0) is 32.3. The highest BCUT2D eigenvalue weighted by Gasteiger charge is 2.48. The van der Waals surface area contributed by atoms with Crippen molar-refractivity contribution < 1.29 is 26.0 Å². The van der Waals surface area contributed by atoms with Gasteiger partial charge in [0.1, 0.15) is 17.0 Å². The third-order valence-corrected chi connectivity index (χ3v) is 11.9. The van der Waals surface area contributed by atoms with Crippen molar-refractivity contribution in [3.8, 4) is 0 Å². The maximum Gasteiger partial charge on any atom is 0.419 e. The molecule has 0 unspecified atom stereocenters. The van der Waals surface area contributed by atoms with Crippen molar-refractivity contribution in [3.05, 3.63) is 51.6 Å². The number of hydrogen-bond acceptors (Lipinski definition) is 10. The van der Waals surface area contributed by atoms with Crippen molar-refractivity contribution >= 4 is 48.5 Å². The molecular weight excluding hydrogens is 644 g/mol. The number of anilines is 1. The van der Waals surface area contributed by atoms with Crippen LogP contribution in [0.3, 0.4) is 0 Å². The Morgan fingerprint density at radius 3 is 2.61 bits per heavy atom. The van der Waals surface area contributed by atoms with Crippen molar-refractivity contribution in [2.75, 3.05) is 57.0 Å². The van der Waals surface area contributed by atoms with Crippen molar-refractivity contribution in [2.45, 2.75) is 51.0 Å². The van der Waals surface area contributed by atoms with Crippen LogP contribution >= 0.6 is 11.3 Å². The first kappa shape index (κ1) is 31.5. The van der Waals surface area contributed by atoms with Crippen LogP contribution in [0.15, 0.2) is 39.8 Å². The van der Waals surface area contributed by atoms with E-state index in [2.05, 4.69) is 25.1 Å². The monoisotopic (exact) mass is 679 g/mol. The van der Waals surface area contributed by atoms with E-state index in [-0.39, 0.29) is 10.3 Å². The van der Waals surface area contributed by atoms with Crippen LogP contribution in [0.5, 0.6) is 0 Å². The molecule has 1 saturated carbocycles. The number of nitrogens with one attached hydrogen (secondary N) is 1. The van der Waals surface area contributed by atoms with Crippen LogP contribution in [0.2, 0.25) is 0 Å². The molecule has 1 spiro atoms. The van der Waals surface area contributed by atoms with Gasteiger partial charge < -0.3 is 14.6 Å². The summed E-state index contributed by atoms with van der Waals surface area (Å²) in [5, 5.41) is 4.35. The van der Waals surface area contributed by atoms with Gasteiger partial charge in [-0.3, -0.25) is 9.47 Å². The number of fused-ring (bicyclic) bond motifs is 2. The summed E-state index contributed by atoms with van der Waals surface area (Å²) in [7, 11) is -3.19. The topological polar surface area (TPSA) is 117 Å². The molecule has 4 aromatic rings. The summed E-state index contributed by atoms with van der Waals surface area (Å²) in [4.78, 5) is 26.5. The van der Waals surface area contributed by atoms with Gasteiger partial charge in [-0.1, -0.05) is 6.07 Å². The fourth-order valence-electron chi connectivity index (χ4n) is 7.23. The number of halogens is 3. The quantitative estimate of drug-likeness (QED) is 0.284.